The van der Waals surface area contributed by atoms with E-state index in [1.165, 1.54) is 25.7 Å². The molecule has 5 heteroatoms. The molecule has 1 heterocycles. The van der Waals surface area contributed by atoms with Crippen LogP contribution in [-0.2, 0) is 4.79 Å². The van der Waals surface area contributed by atoms with E-state index in [-0.39, 0.29) is 11.8 Å². The summed E-state index contributed by atoms with van der Waals surface area (Å²) in [5.41, 5.74) is 0. The summed E-state index contributed by atoms with van der Waals surface area (Å²) in [6, 6.07) is 0. The zero-order valence-electron chi connectivity index (χ0n) is 11.5. The molecular formula is C15H20N2O3. The first kappa shape index (κ1) is 12.4. The van der Waals surface area contributed by atoms with Gasteiger partial charge in [-0.2, -0.15) is 4.98 Å². The van der Waals surface area contributed by atoms with E-state index < -0.39 is 5.97 Å². The van der Waals surface area contributed by atoms with Gasteiger partial charge >= 0.3 is 5.97 Å². The van der Waals surface area contributed by atoms with E-state index in [4.69, 9.17) is 4.52 Å². The van der Waals surface area contributed by atoms with Crippen molar-refractivity contribution in [1.82, 2.24) is 10.1 Å². The fourth-order valence-corrected chi connectivity index (χ4v) is 4.66. The monoisotopic (exact) mass is 276 g/mol. The quantitative estimate of drug-likeness (QED) is 0.918. The van der Waals surface area contributed by atoms with Gasteiger partial charge in [-0.05, 0) is 43.9 Å². The van der Waals surface area contributed by atoms with E-state index in [0.29, 0.717) is 11.8 Å². The van der Waals surface area contributed by atoms with Crippen LogP contribution in [0, 0.1) is 17.8 Å². The second-order valence-corrected chi connectivity index (χ2v) is 6.75. The summed E-state index contributed by atoms with van der Waals surface area (Å²) in [5.74, 6) is 2.28. The van der Waals surface area contributed by atoms with Crippen molar-refractivity contribution in [3.8, 4) is 0 Å². The smallest absolute Gasteiger partial charge is 0.307 e. The van der Waals surface area contributed by atoms with E-state index >= 15 is 0 Å². The van der Waals surface area contributed by atoms with Crippen molar-refractivity contribution in [3.05, 3.63) is 11.7 Å². The first-order valence-electron chi connectivity index (χ1n) is 7.78. The lowest BCUT2D eigenvalue weighted by molar-refractivity contribution is -0.142. The van der Waals surface area contributed by atoms with Gasteiger partial charge in [0.15, 0.2) is 5.82 Å². The van der Waals surface area contributed by atoms with E-state index in [1.807, 2.05) is 0 Å². The second kappa shape index (κ2) is 4.57. The molecule has 0 aliphatic heterocycles. The topological polar surface area (TPSA) is 76.2 Å². The fourth-order valence-electron chi connectivity index (χ4n) is 4.66. The van der Waals surface area contributed by atoms with Crippen LogP contribution in [0.2, 0.25) is 0 Å². The molecule has 20 heavy (non-hydrogen) atoms. The Kier molecular flexibility index (Phi) is 2.82. The van der Waals surface area contributed by atoms with Gasteiger partial charge in [0.2, 0.25) is 5.89 Å². The minimum Gasteiger partial charge on any atom is -0.481 e. The molecule has 3 aliphatic rings. The molecule has 1 aromatic heterocycles. The van der Waals surface area contributed by atoms with Gasteiger partial charge in [-0.1, -0.05) is 18.0 Å². The van der Waals surface area contributed by atoms with Crippen molar-refractivity contribution in [2.24, 2.45) is 17.8 Å². The van der Waals surface area contributed by atoms with Crippen LogP contribution in [0.1, 0.15) is 68.5 Å². The highest BCUT2D eigenvalue weighted by Crippen LogP contribution is 2.52. The Morgan fingerprint density at radius 2 is 2.05 bits per heavy atom. The highest BCUT2D eigenvalue weighted by atomic mass is 16.5. The molecule has 0 aromatic carbocycles. The van der Waals surface area contributed by atoms with E-state index in [0.717, 1.165) is 36.9 Å². The first-order chi connectivity index (χ1) is 9.72. The Bertz CT molecular complexity index is 527. The molecule has 0 amide bonds. The standard InChI is InChI=1S/C15H20N2O3/c18-15(19)11-3-1-2-10(11)14-16-13(17-20-14)12-7-8-4-5-9(12)6-8/h8-12H,1-7H2,(H,18,19). The molecule has 5 atom stereocenters. The Hall–Kier alpha value is -1.39. The molecule has 3 fully saturated rings. The minimum absolute atomic E-state index is 0.0765. The lowest BCUT2D eigenvalue weighted by atomic mass is 9.88. The van der Waals surface area contributed by atoms with E-state index in [2.05, 4.69) is 10.1 Å². The first-order valence-corrected chi connectivity index (χ1v) is 7.78. The number of aliphatic carboxylic acids is 1. The predicted molar refractivity (Wildman–Crippen MR) is 70.2 cm³/mol. The van der Waals surface area contributed by atoms with Crippen molar-refractivity contribution >= 4 is 5.97 Å². The van der Waals surface area contributed by atoms with Crippen molar-refractivity contribution < 1.29 is 14.4 Å². The number of carbonyl (C=O) groups is 1. The molecule has 5 nitrogen and oxygen atoms in total. The van der Waals surface area contributed by atoms with Crippen LogP contribution < -0.4 is 0 Å². The van der Waals surface area contributed by atoms with E-state index in [1.54, 1.807) is 0 Å². The van der Waals surface area contributed by atoms with Crippen molar-refractivity contribution in [1.29, 1.82) is 0 Å². The number of rotatable bonds is 3. The van der Waals surface area contributed by atoms with Crippen LogP contribution in [0.5, 0.6) is 0 Å². The second-order valence-electron chi connectivity index (χ2n) is 6.75. The average Bonchev–Trinajstić information content (AvgIpc) is 3.20. The number of hydrogen-bond donors (Lipinski definition) is 1. The molecule has 1 aromatic rings. The summed E-state index contributed by atoms with van der Waals surface area (Å²) in [4.78, 5) is 15.8. The molecule has 0 radical (unpaired) electrons. The fraction of sp³-hybridized carbons (Fsp3) is 0.800. The number of nitrogens with zero attached hydrogens (tertiary/aromatic N) is 2. The van der Waals surface area contributed by atoms with Gasteiger partial charge < -0.3 is 9.63 Å². The van der Waals surface area contributed by atoms with Crippen molar-refractivity contribution in [2.75, 3.05) is 0 Å². The van der Waals surface area contributed by atoms with Crippen LogP contribution >= 0.6 is 0 Å². The number of carboxylic acids is 1. The van der Waals surface area contributed by atoms with Crippen LogP contribution in [0.15, 0.2) is 4.52 Å². The molecule has 3 saturated carbocycles. The van der Waals surface area contributed by atoms with Gasteiger partial charge in [0.25, 0.3) is 0 Å². The van der Waals surface area contributed by atoms with Crippen molar-refractivity contribution in [2.45, 2.75) is 56.8 Å². The molecule has 1 N–H and O–H groups in total. The summed E-state index contributed by atoms with van der Waals surface area (Å²) < 4.78 is 5.42. The van der Waals surface area contributed by atoms with Gasteiger partial charge in [-0.15, -0.1) is 0 Å². The van der Waals surface area contributed by atoms with Crippen LogP contribution in [0.25, 0.3) is 0 Å². The molecule has 4 rings (SSSR count). The highest BCUT2D eigenvalue weighted by molar-refractivity contribution is 5.71. The maximum Gasteiger partial charge on any atom is 0.307 e. The maximum absolute atomic E-state index is 11.3. The van der Waals surface area contributed by atoms with Gasteiger partial charge in [-0.3, -0.25) is 4.79 Å². The SMILES string of the molecule is O=C(O)C1CCCC1c1nc(C2CC3CCC2C3)no1. The normalized spacial score (nSPS) is 39.5. The third-order valence-electron chi connectivity index (χ3n) is 5.68. The summed E-state index contributed by atoms with van der Waals surface area (Å²) in [6.45, 7) is 0. The molecule has 2 bridgehead atoms. The zero-order valence-corrected chi connectivity index (χ0v) is 11.5. The van der Waals surface area contributed by atoms with Crippen LogP contribution in [0.4, 0.5) is 0 Å². The largest absolute Gasteiger partial charge is 0.481 e. The van der Waals surface area contributed by atoms with Gasteiger partial charge in [0, 0.05) is 5.92 Å². The summed E-state index contributed by atoms with van der Waals surface area (Å²) in [7, 11) is 0. The van der Waals surface area contributed by atoms with Crippen molar-refractivity contribution in [3.63, 3.8) is 0 Å². The molecule has 5 unspecified atom stereocenters. The number of carboxylic acid groups (broad SMARTS) is 1. The molecule has 108 valence electrons. The predicted octanol–water partition coefficient (Wildman–Crippen LogP) is 2.94. The maximum atomic E-state index is 11.3. The molecule has 3 aliphatic carbocycles. The number of hydrogen-bond acceptors (Lipinski definition) is 4. The zero-order chi connectivity index (χ0) is 13.7. The van der Waals surface area contributed by atoms with Crippen LogP contribution in [0.3, 0.4) is 0 Å². The molecule has 0 saturated heterocycles. The Morgan fingerprint density at radius 3 is 2.75 bits per heavy atom. The molecular weight excluding hydrogens is 256 g/mol. The molecule has 0 spiro atoms. The lowest BCUT2D eigenvalue weighted by Crippen LogP contribution is -2.17. The average molecular weight is 276 g/mol. The minimum atomic E-state index is -0.729. The van der Waals surface area contributed by atoms with Gasteiger partial charge in [0.05, 0.1) is 11.8 Å². The Labute approximate surface area is 117 Å². The summed E-state index contributed by atoms with van der Waals surface area (Å²) in [6.07, 6.45) is 7.68. The summed E-state index contributed by atoms with van der Waals surface area (Å²) in [5, 5.41) is 13.4. The Balaban J connectivity index is 1.55. The van der Waals surface area contributed by atoms with Crippen LogP contribution in [-0.4, -0.2) is 21.2 Å². The lowest BCUT2D eigenvalue weighted by Gasteiger charge is -2.17. The highest BCUT2D eigenvalue weighted by Gasteiger charge is 2.43. The summed E-state index contributed by atoms with van der Waals surface area (Å²) >= 11 is 0. The van der Waals surface area contributed by atoms with E-state index in [9.17, 15) is 9.90 Å². The number of aromatic nitrogens is 2. The van der Waals surface area contributed by atoms with Gasteiger partial charge in [-0.25, -0.2) is 0 Å². The third-order valence-corrected chi connectivity index (χ3v) is 5.68. The Morgan fingerprint density at radius 1 is 1.15 bits per heavy atom. The number of fused-ring (bicyclic) bond motifs is 2. The van der Waals surface area contributed by atoms with Gasteiger partial charge in [0.1, 0.15) is 0 Å². The third kappa shape index (κ3) is 1.86.